The highest BCUT2D eigenvalue weighted by Gasteiger charge is 2.32. The lowest BCUT2D eigenvalue weighted by Gasteiger charge is -2.34. The molecule has 42 heavy (non-hydrogen) atoms. The zero-order valence-electron chi connectivity index (χ0n) is 28.6. The van der Waals surface area contributed by atoms with Crippen LogP contribution in [-0.4, -0.2) is 33.4 Å². The lowest BCUT2D eigenvalue weighted by molar-refractivity contribution is 0.280. The highest BCUT2D eigenvalue weighted by atomic mass is 27.2. The van der Waals surface area contributed by atoms with Crippen molar-refractivity contribution in [3.63, 3.8) is 0 Å². The van der Waals surface area contributed by atoms with Crippen molar-refractivity contribution in [1.29, 1.82) is 0 Å². The quantitative estimate of drug-likeness (QED) is 0.310. The summed E-state index contributed by atoms with van der Waals surface area (Å²) < 4.78 is 13.6. The highest BCUT2D eigenvalue weighted by Crippen LogP contribution is 2.41. The molecule has 2 aromatic carbocycles. The number of rotatable bonds is 0. The Labute approximate surface area is 263 Å². The lowest BCUT2D eigenvalue weighted by atomic mass is 9.78. The minimum Gasteiger partial charge on any atom is -0.615 e. The van der Waals surface area contributed by atoms with E-state index in [1.54, 1.807) is 0 Å². The van der Waals surface area contributed by atoms with E-state index < -0.39 is 15.9 Å². The Morgan fingerprint density at radius 1 is 0.571 bits per heavy atom. The molecule has 5 nitrogen and oxygen atoms in total. The lowest BCUT2D eigenvalue weighted by Crippen LogP contribution is -2.49. The third kappa shape index (κ3) is 8.13. The molecule has 4 N–H and O–H groups in total. The molecular formula is C36H58AlN2O3. The molecule has 0 bridgehead atoms. The Kier molecular flexibility index (Phi) is 10.7. The van der Waals surface area contributed by atoms with E-state index in [0.29, 0.717) is 12.1 Å². The summed E-state index contributed by atoms with van der Waals surface area (Å²) in [6.45, 7) is 29.2. The second-order valence-corrected chi connectivity index (χ2v) is 17.3. The minimum atomic E-state index is -0.750. The molecule has 0 saturated heterocycles. The Bertz CT molecular complexity index is 1130. The second kappa shape index (κ2) is 12.8. The van der Waals surface area contributed by atoms with Crippen molar-refractivity contribution in [3.05, 3.63) is 57.6 Å². The average Bonchev–Trinajstić information content (AvgIpc) is 2.85. The molecule has 233 valence electrons. The van der Waals surface area contributed by atoms with E-state index in [1.807, 2.05) is 0 Å². The third-order valence-electron chi connectivity index (χ3n) is 8.89. The Balaban J connectivity index is 0.00000484. The molecule has 0 amide bonds. The monoisotopic (exact) mass is 593 g/mol. The highest BCUT2D eigenvalue weighted by molar-refractivity contribution is 6.21. The first-order valence-corrected chi connectivity index (χ1v) is 16.8. The van der Waals surface area contributed by atoms with Crippen molar-refractivity contribution in [3.8, 4) is 11.5 Å². The molecule has 1 saturated carbocycles. The normalized spacial score (nSPS) is 20.5. The van der Waals surface area contributed by atoms with Crippen LogP contribution in [0.25, 0.3) is 0 Å². The summed E-state index contributed by atoms with van der Waals surface area (Å²) in [6, 6.07) is 10.4. The first kappa shape index (κ1) is 34.9. The van der Waals surface area contributed by atoms with Gasteiger partial charge in [-0.3, -0.25) is 0 Å². The van der Waals surface area contributed by atoms with Crippen LogP contribution < -0.4 is 18.2 Å². The molecule has 1 heterocycles. The van der Waals surface area contributed by atoms with E-state index in [2.05, 4.69) is 118 Å². The molecule has 2 aromatic rings. The standard InChI is InChI=1S/C36H58N2O2.Al.H2O/c1-33(2,3)25-17-23(31(39)27(19-25)35(7,8)9)21-37-29-15-13-14-16-30(29)38-22-24-18-26(34(4,5)6)20-28(32(24)40)36(10,11)12;;/h17-20,29-30,37-40H,13-16,21-22H2,1-12H3;;1H2/q;+2;/p-2/t29-,30-;;/m1../s1. The molecule has 1 aliphatic heterocycles. The maximum atomic E-state index is 6.79. The fourth-order valence-electron chi connectivity index (χ4n) is 6.12. The van der Waals surface area contributed by atoms with Gasteiger partial charge in [-0.15, -0.1) is 0 Å². The topological polar surface area (TPSA) is 74.0 Å². The van der Waals surface area contributed by atoms with Crippen molar-refractivity contribution in [2.24, 2.45) is 0 Å². The number of benzene rings is 2. The summed E-state index contributed by atoms with van der Waals surface area (Å²) in [7, 11) is 0. The second-order valence-electron chi connectivity index (χ2n) is 16.6. The average molecular weight is 594 g/mol. The Morgan fingerprint density at radius 2 is 0.929 bits per heavy atom. The van der Waals surface area contributed by atoms with Gasteiger partial charge in [0, 0.05) is 36.3 Å². The predicted molar refractivity (Wildman–Crippen MR) is 178 cm³/mol. The summed E-state index contributed by atoms with van der Waals surface area (Å²) in [5.41, 5.74) is 7.77. The van der Waals surface area contributed by atoms with Crippen LogP contribution in [0.2, 0.25) is 0 Å². The molecular weight excluding hydrogens is 535 g/mol. The predicted octanol–water partition coefficient (Wildman–Crippen LogP) is 7.55. The van der Waals surface area contributed by atoms with E-state index >= 15 is 0 Å². The fourth-order valence-corrected chi connectivity index (χ4v) is 6.92. The smallest absolute Gasteiger partial charge is 0.615 e. The van der Waals surface area contributed by atoms with Crippen LogP contribution in [-0.2, 0) is 34.7 Å². The molecule has 1 fully saturated rings. The number of hydrogen-bond donors (Lipinski definition) is 2. The van der Waals surface area contributed by atoms with Crippen LogP contribution in [0.4, 0.5) is 0 Å². The van der Waals surface area contributed by atoms with Gasteiger partial charge in [0.05, 0.1) is 11.5 Å². The maximum Gasteiger partial charge on any atom is 0.881 e. The SMILES string of the molecule is CC(C)(C)c1cc2c(c(C(C)(C)C)c1)[O][Al][O]c1c(cc(C(C)(C)C)cc1C(C)(C)C)CN[C@@H]1CCCC[C@H]1NC2.O. The number of fused-ring (bicyclic) bond motifs is 3. The van der Waals surface area contributed by atoms with E-state index in [4.69, 9.17) is 7.58 Å². The molecule has 0 unspecified atom stereocenters. The molecule has 4 rings (SSSR count). The van der Waals surface area contributed by atoms with Crippen molar-refractivity contribution < 1.29 is 13.1 Å². The fraction of sp³-hybridized carbons (Fsp3) is 0.667. The van der Waals surface area contributed by atoms with Crippen molar-refractivity contribution in [2.75, 3.05) is 0 Å². The zero-order chi connectivity index (χ0) is 30.4. The van der Waals surface area contributed by atoms with Gasteiger partial charge < -0.3 is 23.7 Å². The number of nitrogens with one attached hydrogen (secondary N) is 2. The van der Waals surface area contributed by atoms with E-state index in [1.165, 1.54) is 59.1 Å². The van der Waals surface area contributed by atoms with Gasteiger partial charge in [0.15, 0.2) is 0 Å². The Hall–Kier alpha value is -1.55. The third-order valence-corrected chi connectivity index (χ3v) is 9.55. The van der Waals surface area contributed by atoms with E-state index in [9.17, 15) is 0 Å². The molecule has 2 atom stereocenters. The van der Waals surface area contributed by atoms with Gasteiger partial charge >= 0.3 is 15.9 Å². The van der Waals surface area contributed by atoms with Gasteiger partial charge in [0.1, 0.15) is 0 Å². The van der Waals surface area contributed by atoms with Crippen LogP contribution >= 0.6 is 0 Å². The van der Waals surface area contributed by atoms with Crippen LogP contribution in [0.1, 0.15) is 142 Å². The van der Waals surface area contributed by atoms with E-state index in [-0.39, 0.29) is 27.1 Å². The van der Waals surface area contributed by atoms with Crippen LogP contribution in [0.3, 0.4) is 0 Å². The molecule has 0 aromatic heterocycles. The van der Waals surface area contributed by atoms with Crippen molar-refractivity contribution >= 4 is 15.9 Å². The van der Waals surface area contributed by atoms with E-state index in [0.717, 1.165) is 24.6 Å². The van der Waals surface area contributed by atoms with Gasteiger partial charge in [0.25, 0.3) is 0 Å². The summed E-state index contributed by atoms with van der Waals surface area (Å²) >= 11 is -0.750. The molecule has 2 aliphatic rings. The maximum absolute atomic E-state index is 6.79. The van der Waals surface area contributed by atoms with Gasteiger partial charge in [-0.05, 0) is 56.8 Å². The molecule has 1 aliphatic carbocycles. The van der Waals surface area contributed by atoms with Crippen LogP contribution in [0.5, 0.6) is 11.5 Å². The molecule has 1 radical (unpaired) electrons. The van der Waals surface area contributed by atoms with Gasteiger partial charge in [0.2, 0.25) is 0 Å². The van der Waals surface area contributed by atoms with Crippen molar-refractivity contribution in [1.82, 2.24) is 10.6 Å². The molecule has 0 spiro atoms. The van der Waals surface area contributed by atoms with Crippen LogP contribution in [0, 0.1) is 0 Å². The number of hydrogen-bond acceptors (Lipinski definition) is 4. The summed E-state index contributed by atoms with van der Waals surface area (Å²) in [4.78, 5) is 0. The largest absolute Gasteiger partial charge is 0.881 e. The van der Waals surface area contributed by atoms with Crippen LogP contribution in [0.15, 0.2) is 24.3 Å². The minimum absolute atomic E-state index is 0. The van der Waals surface area contributed by atoms with Gasteiger partial charge in [-0.25, -0.2) is 0 Å². The van der Waals surface area contributed by atoms with Crippen molar-refractivity contribution in [2.45, 2.75) is 156 Å². The first-order valence-electron chi connectivity index (χ1n) is 15.8. The summed E-state index contributed by atoms with van der Waals surface area (Å²) in [5.74, 6) is 2.02. The first-order chi connectivity index (χ1) is 18.9. The van der Waals surface area contributed by atoms with Gasteiger partial charge in [-0.1, -0.05) is 120 Å². The molecule has 6 heteroatoms. The van der Waals surface area contributed by atoms with Gasteiger partial charge in [-0.2, -0.15) is 0 Å². The summed E-state index contributed by atoms with van der Waals surface area (Å²) in [6.07, 6.45) is 4.95. The summed E-state index contributed by atoms with van der Waals surface area (Å²) in [5, 5.41) is 7.99. The zero-order valence-corrected chi connectivity index (χ0v) is 29.8. The Morgan fingerprint density at radius 3 is 1.24 bits per heavy atom.